The average Bonchev–Trinajstić information content (AvgIpc) is 2.93. The van der Waals surface area contributed by atoms with Crippen molar-refractivity contribution in [1.82, 2.24) is 9.97 Å². The van der Waals surface area contributed by atoms with Gasteiger partial charge in [0.1, 0.15) is 5.01 Å². The van der Waals surface area contributed by atoms with Crippen molar-refractivity contribution in [1.29, 1.82) is 0 Å². The molecular formula is C16H10N2S. The molecule has 4 rings (SSSR count). The zero-order valence-corrected chi connectivity index (χ0v) is 10.9. The monoisotopic (exact) mass is 262 g/mol. The first kappa shape index (κ1) is 10.6. The molecule has 0 aliphatic carbocycles. The van der Waals surface area contributed by atoms with E-state index in [9.17, 15) is 0 Å². The Labute approximate surface area is 114 Å². The molecule has 2 aromatic carbocycles. The highest BCUT2D eigenvalue weighted by atomic mass is 32.1. The fourth-order valence-electron chi connectivity index (χ4n) is 2.26. The Balaban J connectivity index is 2.04. The molecule has 0 fully saturated rings. The third kappa shape index (κ3) is 1.71. The van der Waals surface area contributed by atoms with Crippen LogP contribution in [0.5, 0.6) is 0 Å². The van der Waals surface area contributed by atoms with Crippen molar-refractivity contribution in [2.45, 2.75) is 0 Å². The van der Waals surface area contributed by atoms with E-state index >= 15 is 0 Å². The second-order valence-corrected chi connectivity index (χ2v) is 5.40. The van der Waals surface area contributed by atoms with Crippen LogP contribution in [-0.2, 0) is 0 Å². The van der Waals surface area contributed by atoms with Crippen LogP contribution in [-0.4, -0.2) is 9.97 Å². The zero-order chi connectivity index (χ0) is 12.7. The van der Waals surface area contributed by atoms with Crippen LogP contribution in [0.2, 0.25) is 0 Å². The molecule has 2 nitrogen and oxygen atoms in total. The summed E-state index contributed by atoms with van der Waals surface area (Å²) in [5, 5.41) is 3.42. The van der Waals surface area contributed by atoms with Crippen LogP contribution in [0.1, 0.15) is 0 Å². The van der Waals surface area contributed by atoms with Gasteiger partial charge in [-0.25, -0.2) is 4.98 Å². The number of fused-ring (bicyclic) bond motifs is 3. The van der Waals surface area contributed by atoms with Gasteiger partial charge in [0.05, 0.1) is 15.9 Å². The van der Waals surface area contributed by atoms with E-state index in [-0.39, 0.29) is 0 Å². The molecule has 0 saturated carbocycles. The topological polar surface area (TPSA) is 25.8 Å². The van der Waals surface area contributed by atoms with Crippen LogP contribution in [0, 0.1) is 0 Å². The quantitative estimate of drug-likeness (QED) is 0.504. The van der Waals surface area contributed by atoms with E-state index in [1.165, 1.54) is 15.5 Å². The molecule has 90 valence electrons. The lowest BCUT2D eigenvalue weighted by atomic mass is 10.1. The van der Waals surface area contributed by atoms with E-state index < -0.39 is 0 Å². The number of hydrogen-bond donors (Lipinski definition) is 0. The normalized spacial score (nSPS) is 11.2. The van der Waals surface area contributed by atoms with E-state index in [1.54, 1.807) is 17.5 Å². The minimum Gasteiger partial charge on any atom is -0.254 e. The van der Waals surface area contributed by atoms with Crippen LogP contribution in [0.25, 0.3) is 31.7 Å². The maximum absolute atomic E-state index is 4.77. The molecule has 0 spiro atoms. The molecule has 0 radical (unpaired) electrons. The van der Waals surface area contributed by atoms with Crippen molar-refractivity contribution in [3.63, 3.8) is 0 Å². The third-order valence-electron chi connectivity index (χ3n) is 3.17. The molecule has 0 N–H and O–H groups in total. The molecule has 0 unspecified atom stereocenters. The number of nitrogens with zero attached hydrogens (tertiary/aromatic N) is 2. The number of aromatic nitrogens is 2. The van der Waals surface area contributed by atoms with Gasteiger partial charge in [0.2, 0.25) is 0 Å². The summed E-state index contributed by atoms with van der Waals surface area (Å²) in [7, 11) is 0. The molecule has 19 heavy (non-hydrogen) atoms. The molecule has 4 aromatic rings. The molecule has 2 heterocycles. The zero-order valence-electron chi connectivity index (χ0n) is 10.1. The lowest BCUT2D eigenvalue weighted by molar-refractivity contribution is 1.31. The first-order valence-corrected chi connectivity index (χ1v) is 6.93. The van der Waals surface area contributed by atoms with E-state index in [1.807, 2.05) is 18.2 Å². The molecule has 0 saturated heterocycles. The van der Waals surface area contributed by atoms with Gasteiger partial charge in [-0.3, -0.25) is 4.98 Å². The van der Waals surface area contributed by atoms with Gasteiger partial charge in [0.25, 0.3) is 0 Å². The maximum atomic E-state index is 4.77. The summed E-state index contributed by atoms with van der Waals surface area (Å²) >= 11 is 1.69. The fraction of sp³-hybridized carbons (Fsp3) is 0. The smallest absolute Gasteiger partial charge is 0.143 e. The van der Waals surface area contributed by atoms with Crippen molar-refractivity contribution in [3.8, 4) is 10.7 Å². The first-order valence-electron chi connectivity index (χ1n) is 6.11. The SMILES string of the molecule is c1ccc(-c2nc3c(ccc4ccccc43)s2)nc1. The lowest BCUT2D eigenvalue weighted by Crippen LogP contribution is -1.80. The number of rotatable bonds is 1. The highest BCUT2D eigenvalue weighted by Gasteiger charge is 2.09. The molecule has 0 amide bonds. The molecule has 0 atom stereocenters. The van der Waals surface area contributed by atoms with Crippen molar-refractivity contribution in [2.24, 2.45) is 0 Å². The molecule has 2 aromatic heterocycles. The number of pyridine rings is 1. The first-order chi connectivity index (χ1) is 9.42. The minimum atomic E-state index is 0.938. The van der Waals surface area contributed by atoms with Gasteiger partial charge in [-0.15, -0.1) is 11.3 Å². The number of hydrogen-bond acceptors (Lipinski definition) is 3. The van der Waals surface area contributed by atoms with Crippen LogP contribution >= 0.6 is 11.3 Å². The van der Waals surface area contributed by atoms with E-state index in [0.717, 1.165) is 16.2 Å². The summed E-state index contributed by atoms with van der Waals surface area (Å²) in [6, 6.07) is 18.6. The Kier molecular flexibility index (Phi) is 2.32. The van der Waals surface area contributed by atoms with Gasteiger partial charge >= 0.3 is 0 Å². The van der Waals surface area contributed by atoms with Crippen LogP contribution in [0.3, 0.4) is 0 Å². The van der Waals surface area contributed by atoms with Crippen molar-refractivity contribution in [3.05, 3.63) is 60.8 Å². The van der Waals surface area contributed by atoms with Gasteiger partial charge in [-0.1, -0.05) is 36.4 Å². The Morgan fingerprint density at radius 2 is 1.74 bits per heavy atom. The van der Waals surface area contributed by atoms with Gasteiger partial charge in [0, 0.05) is 11.6 Å². The van der Waals surface area contributed by atoms with E-state index in [4.69, 9.17) is 4.98 Å². The lowest BCUT2D eigenvalue weighted by Gasteiger charge is -1.96. The van der Waals surface area contributed by atoms with Gasteiger partial charge in [-0.2, -0.15) is 0 Å². The Hall–Kier alpha value is -2.26. The molecule has 0 aliphatic rings. The molecule has 0 aliphatic heterocycles. The van der Waals surface area contributed by atoms with E-state index in [0.29, 0.717) is 0 Å². The van der Waals surface area contributed by atoms with Crippen molar-refractivity contribution in [2.75, 3.05) is 0 Å². The Morgan fingerprint density at radius 3 is 2.63 bits per heavy atom. The summed E-state index contributed by atoms with van der Waals surface area (Å²) in [5.74, 6) is 0. The second kappa shape index (κ2) is 4.14. The predicted molar refractivity (Wildman–Crippen MR) is 80.4 cm³/mol. The summed E-state index contributed by atoms with van der Waals surface area (Å²) in [4.78, 5) is 9.14. The van der Waals surface area contributed by atoms with Gasteiger partial charge < -0.3 is 0 Å². The summed E-state index contributed by atoms with van der Waals surface area (Å²) < 4.78 is 1.21. The average molecular weight is 262 g/mol. The maximum Gasteiger partial charge on any atom is 0.143 e. The summed E-state index contributed by atoms with van der Waals surface area (Å²) in [6.45, 7) is 0. The molecule has 0 bridgehead atoms. The van der Waals surface area contributed by atoms with Crippen molar-refractivity contribution < 1.29 is 0 Å². The summed E-state index contributed by atoms with van der Waals surface area (Å²) in [5.41, 5.74) is 2.01. The third-order valence-corrected chi connectivity index (χ3v) is 4.21. The van der Waals surface area contributed by atoms with Gasteiger partial charge in [-0.05, 0) is 23.6 Å². The van der Waals surface area contributed by atoms with Crippen LogP contribution in [0.4, 0.5) is 0 Å². The fourth-order valence-corrected chi connectivity index (χ4v) is 3.22. The van der Waals surface area contributed by atoms with Crippen molar-refractivity contribution >= 4 is 32.3 Å². The predicted octanol–water partition coefficient (Wildman–Crippen LogP) is 4.51. The number of benzene rings is 2. The molecular weight excluding hydrogens is 252 g/mol. The highest BCUT2D eigenvalue weighted by Crippen LogP contribution is 2.33. The largest absolute Gasteiger partial charge is 0.254 e. The van der Waals surface area contributed by atoms with Gasteiger partial charge in [0.15, 0.2) is 0 Å². The Bertz CT molecular complexity index is 866. The minimum absolute atomic E-state index is 0.938. The van der Waals surface area contributed by atoms with E-state index in [2.05, 4.69) is 41.4 Å². The molecule has 3 heteroatoms. The van der Waals surface area contributed by atoms with Crippen LogP contribution < -0.4 is 0 Å². The Morgan fingerprint density at radius 1 is 0.842 bits per heavy atom. The van der Waals surface area contributed by atoms with Crippen LogP contribution in [0.15, 0.2) is 60.8 Å². The standard InChI is InChI=1S/C16H10N2S/c1-2-6-12-11(5-1)8-9-14-15(12)18-16(19-14)13-7-3-4-10-17-13/h1-10H. The second-order valence-electron chi connectivity index (χ2n) is 4.37. The highest BCUT2D eigenvalue weighted by molar-refractivity contribution is 7.21. The summed E-state index contributed by atoms with van der Waals surface area (Å²) in [6.07, 6.45) is 1.81. The number of thiazole rings is 1.